The molecule has 0 saturated heterocycles. The number of halogens is 4. The van der Waals surface area contributed by atoms with Crippen molar-refractivity contribution in [1.82, 2.24) is 0 Å². The predicted molar refractivity (Wildman–Crippen MR) is 19.8 cm³/mol. The lowest BCUT2D eigenvalue weighted by molar-refractivity contribution is -0.163. The van der Waals surface area contributed by atoms with Crippen LogP contribution in [0.15, 0.2) is 0 Å². The largest absolute Gasteiger partial charge is 0.431 e. The molecule has 0 rings (SSSR count). The van der Waals surface area contributed by atoms with Crippen molar-refractivity contribution in [3.8, 4) is 12.3 Å². The van der Waals surface area contributed by atoms with Crippen LogP contribution in [-0.4, -0.2) is 12.3 Å². The highest BCUT2D eigenvalue weighted by Crippen LogP contribution is 2.21. The van der Waals surface area contributed by atoms with E-state index in [1.165, 1.54) is 0 Å². The Labute approximate surface area is 43.5 Å². The molecule has 0 bridgehead atoms. The molecule has 0 aromatic carbocycles. The summed E-state index contributed by atoms with van der Waals surface area (Å²) < 4.78 is 44.1. The molecule has 0 aromatic rings. The minimum absolute atomic E-state index is 0.913. The molecule has 0 aliphatic carbocycles. The number of hydrogen-bond acceptors (Lipinski definition) is 0. The summed E-state index contributed by atoms with van der Waals surface area (Å²) in [5.74, 6) is 0.913. The van der Waals surface area contributed by atoms with Gasteiger partial charge in [-0.3, -0.25) is 0 Å². The minimum atomic E-state index is -4.89. The van der Waals surface area contributed by atoms with E-state index in [-0.39, 0.29) is 0 Å². The Morgan fingerprint density at radius 1 is 1.38 bits per heavy atom. The van der Waals surface area contributed by atoms with Crippen LogP contribution >= 0.6 is 0 Å². The lowest BCUT2D eigenvalue weighted by Gasteiger charge is -2.03. The van der Waals surface area contributed by atoms with Gasteiger partial charge in [0.05, 0.1) is 0 Å². The van der Waals surface area contributed by atoms with E-state index in [9.17, 15) is 17.6 Å². The van der Waals surface area contributed by atoms with Crippen LogP contribution in [-0.2, 0) is 0 Å². The molecule has 0 spiro atoms. The third-order valence-electron chi connectivity index (χ3n) is 0.434. The van der Waals surface area contributed by atoms with E-state index < -0.39 is 12.3 Å². The first kappa shape index (κ1) is 7.28. The fourth-order valence-electron chi connectivity index (χ4n) is 0.0945. The molecular weight excluding hydrogens is 124 g/mol. The number of alkyl halides is 4. The summed E-state index contributed by atoms with van der Waals surface area (Å²) in [6, 6.07) is 0. The first-order chi connectivity index (χ1) is 3.48. The van der Waals surface area contributed by atoms with Gasteiger partial charge in [0.1, 0.15) is 0 Å². The van der Waals surface area contributed by atoms with Crippen molar-refractivity contribution in [2.45, 2.75) is 12.3 Å². The van der Waals surface area contributed by atoms with Gasteiger partial charge in [-0.05, 0) is 0 Å². The number of hydrogen-bond donors (Lipinski definition) is 0. The standard InChI is InChI=1S/C4H2F4/c1-2-3(5)4(6,7)8/h1,3H. The van der Waals surface area contributed by atoms with Gasteiger partial charge in [-0.15, -0.1) is 6.42 Å². The van der Waals surface area contributed by atoms with Gasteiger partial charge in [0.2, 0.25) is 0 Å². The highest BCUT2D eigenvalue weighted by Gasteiger charge is 2.38. The summed E-state index contributed by atoms with van der Waals surface area (Å²) in [6.07, 6.45) is -3.90. The smallest absolute Gasteiger partial charge is 0.223 e. The maximum atomic E-state index is 11.3. The van der Waals surface area contributed by atoms with Crippen molar-refractivity contribution in [2.75, 3.05) is 0 Å². The second-order valence-corrected chi connectivity index (χ2v) is 1.07. The number of terminal acetylenes is 1. The van der Waals surface area contributed by atoms with Crippen LogP contribution in [0, 0.1) is 12.3 Å². The van der Waals surface area contributed by atoms with Crippen molar-refractivity contribution in [3.05, 3.63) is 0 Å². The van der Waals surface area contributed by atoms with Gasteiger partial charge in [0, 0.05) is 0 Å². The van der Waals surface area contributed by atoms with Crippen LogP contribution < -0.4 is 0 Å². The Balaban J connectivity index is 3.87. The van der Waals surface area contributed by atoms with Gasteiger partial charge in [-0.2, -0.15) is 13.2 Å². The van der Waals surface area contributed by atoms with Gasteiger partial charge < -0.3 is 0 Å². The third-order valence-corrected chi connectivity index (χ3v) is 0.434. The van der Waals surface area contributed by atoms with Crippen molar-refractivity contribution in [2.24, 2.45) is 0 Å². The summed E-state index contributed by atoms with van der Waals surface area (Å²) in [5.41, 5.74) is 0. The van der Waals surface area contributed by atoms with Gasteiger partial charge in [-0.25, -0.2) is 4.39 Å². The van der Waals surface area contributed by atoms with E-state index in [1.54, 1.807) is 0 Å². The van der Waals surface area contributed by atoms with Crippen molar-refractivity contribution < 1.29 is 17.6 Å². The van der Waals surface area contributed by atoms with E-state index in [1.807, 2.05) is 0 Å². The molecule has 0 radical (unpaired) electrons. The molecule has 0 aliphatic heterocycles. The van der Waals surface area contributed by atoms with Crippen LogP contribution in [0.25, 0.3) is 0 Å². The average molecular weight is 126 g/mol. The van der Waals surface area contributed by atoms with Crippen molar-refractivity contribution in [3.63, 3.8) is 0 Å². The second kappa shape index (κ2) is 2.03. The predicted octanol–water partition coefficient (Wildman–Crippen LogP) is 1.52. The molecular formula is C4H2F4. The van der Waals surface area contributed by atoms with Gasteiger partial charge in [-0.1, -0.05) is 5.92 Å². The summed E-state index contributed by atoms with van der Waals surface area (Å²) in [4.78, 5) is 0. The molecule has 0 amide bonds. The molecule has 46 valence electrons. The molecule has 0 fully saturated rings. The van der Waals surface area contributed by atoms with Crippen LogP contribution in [0.2, 0.25) is 0 Å². The zero-order valence-corrected chi connectivity index (χ0v) is 3.67. The quantitative estimate of drug-likeness (QED) is 0.341. The zero-order chi connectivity index (χ0) is 6.78. The minimum Gasteiger partial charge on any atom is -0.223 e. The molecule has 0 saturated carbocycles. The van der Waals surface area contributed by atoms with E-state index >= 15 is 0 Å². The maximum Gasteiger partial charge on any atom is 0.431 e. The Morgan fingerprint density at radius 2 is 1.75 bits per heavy atom. The lowest BCUT2D eigenvalue weighted by atomic mass is 10.4. The third kappa shape index (κ3) is 1.82. The van der Waals surface area contributed by atoms with Crippen molar-refractivity contribution in [1.29, 1.82) is 0 Å². The molecule has 8 heavy (non-hydrogen) atoms. The van der Waals surface area contributed by atoms with Gasteiger partial charge >= 0.3 is 6.18 Å². The second-order valence-electron chi connectivity index (χ2n) is 1.07. The molecule has 4 heteroatoms. The SMILES string of the molecule is C#CC(F)C(F)(F)F. The van der Waals surface area contributed by atoms with Crippen molar-refractivity contribution >= 4 is 0 Å². The summed E-state index contributed by atoms with van der Waals surface area (Å²) >= 11 is 0. The Morgan fingerprint density at radius 3 is 1.75 bits per heavy atom. The topological polar surface area (TPSA) is 0 Å². The molecule has 0 N–H and O–H groups in total. The van der Waals surface area contributed by atoms with Gasteiger partial charge in [0.25, 0.3) is 6.17 Å². The first-order valence-corrected chi connectivity index (χ1v) is 1.65. The Hall–Kier alpha value is -0.720. The normalized spacial score (nSPS) is 14.9. The maximum absolute atomic E-state index is 11.3. The first-order valence-electron chi connectivity index (χ1n) is 1.65. The molecule has 1 atom stereocenters. The fraction of sp³-hybridized carbons (Fsp3) is 0.500. The van der Waals surface area contributed by atoms with Crippen LogP contribution in [0.3, 0.4) is 0 Å². The molecule has 0 nitrogen and oxygen atoms in total. The highest BCUT2D eigenvalue weighted by molar-refractivity contribution is 4.97. The molecule has 0 aromatic heterocycles. The van der Waals surface area contributed by atoms with E-state index in [0.29, 0.717) is 0 Å². The number of rotatable bonds is 0. The van der Waals surface area contributed by atoms with Crippen LogP contribution in [0.5, 0.6) is 0 Å². The lowest BCUT2D eigenvalue weighted by Crippen LogP contribution is -2.21. The summed E-state index contributed by atoms with van der Waals surface area (Å²) in [5, 5.41) is 0. The summed E-state index contributed by atoms with van der Waals surface area (Å²) in [6.45, 7) is 0. The monoisotopic (exact) mass is 126 g/mol. The van der Waals surface area contributed by atoms with Gasteiger partial charge in [0.15, 0.2) is 0 Å². The van der Waals surface area contributed by atoms with E-state index in [4.69, 9.17) is 0 Å². The van der Waals surface area contributed by atoms with E-state index in [2.05, 4.69) is 6.42 Å². The average Bonchev–Trinajstić information content (AvgIpc) is 1.62. The van der Waals surface area contributed by atoms with Crippen LogP contribution in [0.1, 0.15) is 0 Å². The highest BCUT2D eigenvalue weighted by atomic mass is 19.4. The summed E-state index contributed by atoms with van der Waals surface area (Å²) in [7, 11) is 0. The Bertz CT molecular complexity index is 106. The Kier molecular flexibility index (Phi) is 1.85. The fourth-order valence-corrected chi connectivity index (χ4v) is 0.0945. The molecule has 0 heterocycles. The zero-order valence-electron chi connectivity index (χ0n) is 3.67. The molecule has 1 unspecified atom stereocenters. The molecule has 0 aliphatic rings. The van der Waals surface area contributed by atoms with Crippen LogP contribution in [0.4, 0.5) is 17.6 Å². The van der Waals surface area contributed by atoms with E-state index in [0.717, 1.165) is 5.92 Å².